The monoisotopic (exact) mass is 291 g/mol. The Hall–Kier alpha value is -3.30. The third kappa shape index (κ3) is 3.37. The van der Waals surface area contributed by atoms with Crippen molar-refractivity contribution in [2.24, 2.45) is 0 Å². The van der Waals surface area contributed by atoms with Crippen LogP contribution in [0.2, 0.25) is 0 Å². The normalized spacial score (nSPS) is 10.1. The van der Waals surface area contributed by atoms with E-state index in [1.54, 1.807) is 0 Å². The molecule has 0 aliphatic carbocycles. The zero-order valence-electron chi connectivity index (χ0n) is 10.5. The molecule has 0 aliphatic rings. The number of non-ortho nitro benzene ring substituents is 1. The first kappa shape index (κ1) is 14.1. The second kappa shape index (κ2) is 5.77. The van der Waals surface area contributed by atoms with Crippen molar-refractivity contribution in [3.05, 3.63) is 46.3 Å². The third-order valence-electron chi connectivity index (χ3n) is 2.47. The number of carbonyl (C=O) groups excluding carboxylic acids is 1. The highest BCUT2D eigenvalue weighted by atomic mass is 16.6. The smallest absolute Gasteiger partial charge is 0.355 e. The Morgan fingerprint density at radius 2 is 2.19 bits per heavy atom. The Bertz CT molecular complexity index is 711. The molecule has 0 aliphatic heterocycles. The van der Waals surface area contributed by atoms with Crippen LogP contribution in [0.5, 0.6) is 0 Å². The number of amides is 1. The summed E-state index contributed by atoms with van der Waals surface area (Å²) in [5.74, 6) is -1.84. The van der Waals surface area contributed by atoms with Gasteiger partial charge in [0.15, 0.2) is 5.69 Å². The average Bonchev–Trinajstić information content (AvgIpc) is 2.87. The first-order chi connectivity index (χ1) is 9.97. The highest BCUT2D eigenvalue weighted by Gasteiger charge is 2.15. The molecule has 0 fully saturated rings. The summed E-state index contributed by atoms with van der Waals surface area (Å²) in [6.07, 6.45) is 1.02. The fourth-order valence-corrected chi connectivity index (χ4v) is 1.57. The van der Waals surface area contributed by atoms with Gasteiger partial charge in [-0.2, -0.15) is 0 Å². The maximum absolute atomic E-state index is 11.8. The lowest BCUT2D eigenvalue weighted by Gasteiger charge is -2.05. The van der Waals surface area contributed by atoms with Crippen LogP contribution < -0.4 is 5.32 Å². The summed E-state index contributed by atoms with van der Waals surface area (Å²) in [5.41, 5.74) is -0.171. The molecule has 10 nitrogen and oxygen atoms in total. The number of hydrogen-bond acceptors (Lipinski definition) is 6. The molecule has 10 heteroatoms. The van der Waals surface area contributed by atoms with E-state index in [4.69, 9.17) is 5.11 Å². The van der Waals surface area contributed by atoms with Crippen molar-refractivity contribution >= 4 is 23.3 Å². The molecule has 1 amide bonds. The highest BCUT2D eigenvalue weighted by molar-refractivity contribution is 5.92. The van der Waals surface area contributed by atoms with Gasteiger partial charge in [-0.25, -0.2) is 9.48 Å². The van der Waals surface area contributed by atoms with Crippen molar-refractivity contribution in [3.8, 4) is 0 Å². The number of nitro groups is 1. The van der Waals surface area contributed by atoms with E-state index >= 15 is 0 Å². The lowest BCUT2D eigenvalue weighted by molar-refractivity contribution is -0.384. The van der Waals surface area contributed by atoms with Crippen molar-refractivity contribution in [3.63, 3.8) is 0 Å². The maximum atomic E-state index is 11.8. The molecule has 0 unspecified atom stereocenters. The van der Waals surface area contributed by atoms with E-state index in [0.717, 1.165) is 10.9 Å². The van der Waals surface area contributed by atoms with Gasteiger partial charge in [-0.1, -0.05) is 11.3 Å². The highest BCUT2D eigenvalue weighted by Crippen LogP contribution is 2.16. The molecule has 0 bridgehead atoms. The number of anilines is 1. The molecule has 0 atom stereocenters. The first-order valence-electron chi connectivity index (χ1n) is 5.63. The topological polar surface area (TPSA) is 140 Å². The molecule has 2 rings (SSSR count). The number of nitro benzene ring substituents is 1. The molecule has 1 aromatic heterocycles. The number of carboxylic acids is 1. The van der Waals surface area contributed by atoms with E-state index < -0.39 is 16.8 Å². The van der Waals surface area contributed by atoms with Gasteiger partial charge in [-0.3, -0.25) is 14.9 Å². The maximum Gasteiger partial charge on any atom is 0.355 e. The molecule has 0 spiro atoms. The van der Waals surface area contributed by atoms with E-state index in [2.05, 4.69) is 15.6 Å². The molecular weight excluding hydrogens is 282 g/mol. The number of aromatic carboxylic acids is 1. The van der Waals surface area contributed by atoms with Crippen molar-refractivity contribution in [2.45, 2.75) is 6.54 Å². The third-order valence-corrected chi connectivity index (χ3v) is 2.47. The number of nitrogens with zero attached hydrogens (tertiary/aromatic N) is 4. The Balaban J connectivity index is 2.08. The SMILES string of the molecule is O=C(Cn1nncc1C(=O)O)Nc1cccc([N+](=O)[O-])c1. The van der Waals surface area contributed by atoms with Gasteiger partial charge in [0, 0.05) is 17.8 Å². The van der Waals surface area contributed by atoms with Crippen LogP contribution in [0.15, 0.2) is 30.5 Å². The minimum absolute atomic E-state index is 0.167. The van der Waals surface area contributed by atoms with Gasteiger partial charge in [-0.15, -0.1) is 5.10 Å². The molecule has 108 valence electrons. The molecule has 0 saturated carbocycles. The molecule has 0 saturated heterocycles. The zero-order chi connectivity index (χ0) is 15.4. The molecule has 0 radical (unpaired) electrons. The first-order valence-corrected chi connectivity index (χ1v) is 5.63. The fraction of sp³-hybridized carbons (Fsp3) is 0.0909. The Labute approximate surface area is 117 Å². The van der Waals surface area contributed by atoms with Crippen LogP contribution in [-0.4, -0.2) is 36.9 Å². The number of carboxylic acid groups (broad SMARTS) is 1. The Kier molecular flexibility index (Phi) is 3.88. The van der Waals surface area contributed by atoms with Gasteiger partial charge in [0.2, 0.25) is 5.91 Å². The van der Waals surface area contributed by atoms with E-state index in [9.17, 15) is 19.7 Å². The predicted molar refractivity (Wildman–Crippen MR) is 68.7 cm³/mol. The quantitative estimate of drug-likeness (QED) is 0.604. The Morgan fingerprint density at radius 3 is 2.86 bits per heavy atom. The summed E-state index contributed by atoms with van der Waals surface area (Å²) in [7, 11) is 0. The van der Waals surface area contributed by atoms with Crippen LogP contribution in [0.3, 0.4) is 0 Å². The summed E-state index contributed by atoms with van der Waals surface area (Å²) in [6, 6.07) is 5.38. The van der Waals surface area contributed by atoms with E-state index in [1.165, 1.54) is 24.3 Å². The summed E-state index contributed by atoms with van der Waals surface area (Å²) in [6.45, 7) is -0.371. The van der Waals surface area contributed by atoms with Crippen molar-refractivity contribution in [1.82, 2.24) is 15.0 Å². The minimum atomic E-state index is -1.26. The molecule has 21 heavy (non-hydrogen) atoms. The number of rotatable bonds is 5. The van der Waals surface area contributed by atoms with Crippen molar-refractivity contribution in [1.29, 1.82) is 0 Å². The molecule has 2 N–H and O–H groups in total. The van der Waals surface area contributed by atoms with Gasteiger partial charge in [0.25, 0.3) is 5.69 Å². The molecular formula is C11H9N5O5. The second-order valence-corrected chi connectivity index (χ2v) is 3.94. The Morgan fingerprint density at radius 1 is 1.43 bits per heavy atom. The van der Waals surface area contributed by atoms with Gasteiger partial charge < -0.3 is 10.4 Å². The fourth-order valence-electron chi connectivity index (χ4n) is 1.57. The van der Waals surface area contributed by atoms with Crippen molar-refractivity contribution in [2.75, 3.05) is 5.32 Å². The lowest BCUT2D eigenvalue weighted by atomic mass is 10.3. The van der Waals surface area contributed by atoms with Crippen LogP contribution >= 0.6 is 0 Å². The zero-order valence-corrected chi connectivity index (χ0v) is 10.5. The van der Waals surface area contributed by atoms with Gasteiger partial charge >= 0.3 is 5.97 Å². The second-order valence-electron chi connectivity index (χ2n) is 3.94. The number of nitrogens with one attached hydrogen (secondary N) is 1. The predicted octanol–water partition coefficient (Wildman–Crippen LogP) is 0.523. The summed E-state index contributed by atoms with van der Waals surface area (Å²) < 4.78 is 0.912. The van der Waals surface area contributed by atoms with Crippen molar-refractivity contribution < 1.29 is 19.6 Å². The van der Waals surface area contributed by atoms with E-state index in [0.29, 0.717) is 0 Å². The number of hydrogen-bond donors (Lipinski definition) is 2. The summed E-state index contributed by atoms with van der Waals surface area (Å²) >= 11 is 0. The molecule has 1 aromatic carbocycles. The average molecular weight is 291 g/mol. The summed E-state index contributed by atoms with van der Waals surface area (Å²) in [5, 5.41) is 28.8. The van der Waals surface area contributed by atoms with Crippen LogP contribution in [0.4, 0.5) is 11.4 Å². The molecule has 2 aromatic rings. The van der Waals surface area contributed by atoms with E-state index in [-0.39, 0.29) is 23.6 Å². The number of carbonyl (C=O) groups is 2. The number of aromatic nitrogens is 3. The van der Waals surface area contributed by atoms with Crippen LogP contribution in [-0.2, 0) is 11.3 Å². The van der Waals surface area contributed by atoms with Gasteiger partial charge in [-0.05, 0) is 6.07 Å². The van der Waals surface area contributed by atoms with Crippen LogP contribution in [0.1, 0.15) is 10.5 Å². The van der Waals surface area contributed by atoms with Crippen LogP contribution in [0.25, 0.3) is 0 Å². The largest absolute Gasteiger partial charge is 0.476 e. The summed E-state index contributed by atoms with van der Waals surface area (Å²) in [4.78, 5) is 32.6. The standard InChI is InChI=1S/C11H9N5O5/c17-10(6-15-9(11(18)19)5-12-14-15)13-7-2-1-3-8(4-7)16(20)21/h1-5H,6H2,(H,13,17)(H,18,19). The molecule has 1 heterocycles. The van der Waals surface area contributed by atoms with Gasteiger partial charge in [0.05, 0.1) is 11.1 Å². The van der Waals surface area contributed by atoms with E-state index in [1.807, 2.05) is 0 Å². The minimum Gasteiger partial charge on any atom is -0.476 e. The lowest BCUT2D eigenvalue weighted by Crippen LogP contribution is -2.22. The number of benzene rings is 1. The van der Waals surface area contributed by atoms with Gasteiger partial charge in [0.1, 0.15) is 6.54 Å². The van der Waals surface area contributed by atoms with Crippen LogP contribution in [0, 0.1) is 10.1 Å².